The van der Waals surface area contributed by atoms with Gasteiger partial charge in [-0.1, -0.05) is 81.7 Å². The highest BCUT2D eigenvalue weighted by molar-refractivity contribution is 6.55. The van der Waals surface area contributed by atoms with Gasteiger partial charge in [0, 0.05) is 16.1 Å². The van der Waals surface area contributed by atoms with E-state index in [0.717, 1.165) is 5.56 Å². The fraction of sp³-hybridized carbons (Fsp3) is 0.0870. The maximum atomic E-state index is 12.4. The van der Waals surface area contributed by atoms with Gasteiger partial charge in [0.1, 0.15) is 22.4 Å². The Morgan fingerprint density at radius 3 is 2.03 bits per heavy atom. The van der Waals surface area contributed by atoms with Gasteiger partial charge < -0.3 is 9.47 Å². The lowest BCUT2D eigenvalue weighted by Gasteiger charge is -2.15. The van der Waals surface area contributed by atoms with Crippen LogP contribution < -0.4 is 9.47 Å². The van der Waals surface area contributed by atoms with E-state index in [2.05, 4.69) is 0 Å². The summed E-state index contributed by atoms with van der Waals surface area (Å²) < 4.78 is 11.2. The molecular weight excluding hydrogens is 537 g/mol. The Labute approximate surface area is 215 Å². The molecule has 0 fully saturated rings. The monoisotopic (exact) mass is 548 g/mol. The lowest BCUT2D eigenvalue weighted by Crippen LogP contribution is -2.01. The second kappa shape index (κ2) is 11.0. The zero-order valence-corrected chi connectivity index (χ0v) is 20.9. The molecule has 3 nitrogen and oxygen atoms in total. The Kier molecular flexibility index (Phi) is 8.62. The highest BCUT2D eigenvalue weighted by Crippen LogP contribution is 2.48. The number of hydrogen-bond donors (Lipinski definition) is 0. The minimum absolute atomic E-state index is 0.0436. The molecule has 3 rings (SSSR count). The van der Waals surface area contributed by atoms with Crippen molar-refractivity contribution in [3.8, 4) is 11.5 Å². The third-order valence-electron chi connectivity index (χ3n) is 4.40. The molecule has 0 aliphatic rings. The number of hydrogen-bond acceptors (Lipinski definition) is 3. The van der Waals surface area contributed by atoms with Crippen molar-refractivity contribution in [1.82, 2.24) is 0 Å². The molecule has 0 unspecified atom stereocenters. The van der Waals surface area contributed by atoms with Crippen molar-refractivity contribution in [2.24, 2.45) is 0 Å². The van der Waals surface area contributed by atoms with Crippen LogP contribution in [-0.4, -0.2) is 12.9 Å². The molecule has 0 N–H and O–H groups in total. The number of halogens is 6. The number of benzene rings is 3. The molecule has 0 amide bonds. The summed E-state index contributed by atoms with van der Waals surface area (Å²) in [5, 5.41) is 0.799. The first kappa shape index (κ1) is 25.0. The molecule has 0 bridgehead atoms. The fourth-order valence-electron chi connectivity index (χ4n) is 2.76. The Hall–Kier alpha value is -1.59. The van der Waals surface area contributed by atoms with Crippen LogP contribution in [-0.2, 0) is 6.61 Å². The summed E-state index contributed by atoms with van der Waals surface area (Å²) in [5.41, 5.74) is 1.97. The molecule has 0 spiro atoms. The van der Waals surface area contributed by atoms with Gasteiger partial charge in [-0.25, -0.2) is 0 Å². The van der Waals surface area contributed by atoms with E-state index in [9.17, 15) is 4.79 Å². The minimum atomic E-state index is -0.153. The predicted octanol–water partition coefficient (Wildman–Crippen LogP) is 9.09. The van der Waals surface area contributed by atoms with E-state index < -0.39 is 0 Å². The molecule has 3 aromatic rings. The molecule has 166 valence electrons. The fourth-order valence-corrected chi connectivity index (χ4v) is 4.11. The van der Waals surface area contributed by atoms with E-state index >= 15 is 0 Å². The normalized spacial score (nSPS) is 11.1. The lowest BCUT2D eigenvalue weighted by molar-refractivity contribution is 0.104. The van der Waals surface area contributed by atoms with Crippen LogP contribution in [0.1, 0.15) is 21.5 Å². The van der Waals surface area contributed by atoms with E-state index in [4.69, 9.17) is 79.1 Å². The number of ether oxygens (including phenoxy) is 2. The van der Waals surface area contributed by atoms with Crippen molar-refractivity contribution >= 4 is 81.5 Å². The smallest absolute Gasteiger partial charge is 0.185 e. The summed E-state index contributed by atoms with van der Waals surface area (Å²) in [4.78, 5) is 12.4. The summed E-state index contributed by atoms with van der Waals surface area (Å²) in [6.45, 7) is 0.0454. The van der Waals surface area contributed by atoms with Crippen LogP contribution in [0.2, 0.25) is 30.1 Å². The van der Waals surface area contributed by atoms with E-state index in [1.807, 2.05) is 12.1 Å². The van der Waals surface area contributed by atoms with Crippen molar-refractivity contribution in [3.63, 3.8) is 0 Å². The van der Waals surface area contributed by atoms with Crippen molar-refractivity contribution in [3.05, 3.63) is 95.4 Å². The maximum absolute atomic E-state index is 12.4. The third-order valence-corrected chi connectivity index (χ3v) is 6.90. The van der Waals surface area contributed by atoms with Crippen molar-refractivity contribution in [2.45, 2.75) is 6.61 Å². The van der Waals surface area contributed by atoms with E-state index in [1.165, 1.54) is 13.2 Å². The average Bonchev–Trinajstić information content (AvgIpc) is 2.80. The molecule has 0 heterocycles. The molecule has 32 heavy (non-hydrogen) atoms. The van der Waals surface area contributed by atoms with Gasteiger partial charge in [-0.05, 0) is 48.0 Å². The van der Waals surface area contributed by atoms with Crippen molar-refractivity contribution in [2.75, 3.05) is 7.11 Å². The van der Waals surface area contributed by atoms with Crippen molar-refractivity contribution in [1.29, 1.82) is 0 Å². The SMILES string of the molecule is COc1ccc(/C=C/C(=O)c2ccc(Cl)cc2)cc1COc1c(Cl)c(Cl)c(Cl)c(Cl)c1Cl. The van der Waals surface area contributed by atoms with Crippen molar-refractivity contribution < 1.29 is 14.3 Å². The molecular formula is C23H14Cl6O3. The second-order valence-electron chi connectivity index (χ2n) is 6.46. The highest BCUT2D eigenvalue weighted by Gasteiger charge is 2.21. The molecule has 0 radical (unpaired) electrons. The molecule has 3 aromatic carbocycles. The molecule has 0 aliphatic carbocycles. The van der Waals surface area contributed by atoms with E-state index in [-0.39, 0.29) is 43.3 Å². The summed E-state index contributed by atoms with van der Waals surface area (Å²) in [5.74, 6) is 0.525. The Morgan fingerprint density at radius 1 is 0.844 bits per heavy atom. The number of rotatable bonds is 7. The van der Waals surface area contributed by atoms with Gasteiger partial charge in [0.15, 0.2) is 11.5 Å². The topological polar surface area (TPSA) is 35.5 Å². The average molecular weight is 551 g/mol. The minimum Gasteiger partial charge on any atom is -0.496 e. The van der Waals surface area contributed by atoms with E-state index in [0.29, 0.717) is 21.9 Å². The van der Waals surface area contributed by atoms with Gasteiger partial charge in [-0.2, -0.15) is 0 Å². The molecule has 9 heteroatoms. The number of allylic oxidation sites excluding steroid dienone is 1. The summed E-state index contributed by atoms with van der Waals surface area (Å²) >= 11 is 36.5. The number of methoxy groups -OCH3 is 1. The molecule has 0 aliphatic heterocycles. The van der Waals surface area contributed by atoms with Crippen LogP contribution in [0.3, 0.4) is 0 Å². The molecule has 0 atom stereocenters. The van der Waals surface area contributed by atoms with Crippen LogP contribution in [0.15, 0.2) is 48.5 Å². The molecule has 0 saturated carbocycles. The largest absolute Gasteiger partial charge is 0.496 e. The first-order valence-corrected chi connectivity index (χ1v) is 11.3. The highest BCUT2D eigenvalue weighted by atomic mass is 35.5. The second-order valence-corrected chi connectivity index (χ2v) is 8.79. The molecule has 0 saturated heterocycles. The summed E-state index contributed by atoms with van der Waals surface area (Å²) in [6.07, 6.45) is 3.16. The van der Waals surface area contributed by atoms with Crippen LogP contribution in [0.5, 0.6) is 11.5 Å². The maximum Gasteiger partial charge on any atom is 0.185 e. The third kappa shape index (κ3) is 5.66. The van der Waals surface area contributed by atoms with Crippen LogP contribution in [0.25, 0.3) is 6.08 Å². The van der Waals surface area contributed by atoms with Gasteiger partial charge in [0.25, 0.3) is 0 Å². The number of carbonyl (C=O) groups excluding carboxylic acids is 1. The summed E-state index contributed by atoms with van der Waals surface area (Å²) in [7, 11) is 1.54. The Balaban J connectivity index is 1.83. The van der Waals surface area contributed by atoms with Gasteiger partial charge >= 0.3 is 0 Å². The zero-order valence-electron chi connectivity index (χ0n) is 16.4. The van der Waals surface area contributed by atoms with Crippen LogP contribution >= 0.6 is 69.6 Å². The quantitative estimate of drug-likeness (QED) is 0.127. The van der Waals surface area contributed by atoms with Gasteiger partial charge in [-0.15, -0.1) is 0 Å². The predicted molar refractivity (Wildman–Crippen MR) is 134 cm³/mol. The zero-order chi connectivity index (χ0) is 23.4. The lowest BCUT2D eigenvalue weighted by atomic mass is 10.1. The Morgan fingerprint density at radius 2 is 1.44 bits per heavy atom. The van der Waals surface area contributed by atoms with Gasteiger partial charge in [0.05, 0.1) is 22.2 Å². The molecule has 0 aromatic heterocycles. The first-order valence-electron chi connectivity index (χ1n) is 9.02. The first-order chi connectivity index (χ1) is 15.2. The van der Waals surface area contributed by atoms with E-state index in [1.54, 1.807) is 36.4 Å². The van der Waals surface area contributed by atoms with Crippen LogP contribution in [0, 0.1) is 0 Å². The standard InChI is InChI=1S/C23H14Cl6O3/c1-31-17-9-3-12(2-8-16(30)13-4-6-15(24)7-5-13)10-14(17)11-32-23-21(28)19(26)18(25)20(27)22(23)29/h2-10H,11H2,1H3/b8-2+. The van der Waals surface area contributed by atoms with Gasteiger partial charge in [-0.3, -0.25) is 4.79 Å². The number of ketones is 1. The van der Waals surface area contributed by atoms with Gasteiger partial charge in [0.2, 0.25) is 0 Å². The Bertz CT molecular complexity index is 1160. The number of carbonyl (C=O) groups is 1. The van der Waals surface area contributed by atoms with Crippen LogP contribution in [0.4, 0.5) is 0 Å². The summed E-state index contributed by atoms with van der Waals surface area (Å²) in [6, 6.07) is 12.0.